The van der Waals surface area contributed by atoms with E-state index in [4.69, 9.17) is 34.8 Å². The van der Waals surface area contributed by atoms with Crippen LogP contribution in [0.2, 0.25) is 15.3 Å². The number of hydrogen-bond donors (Lipinski definition) is 0. The van der Waals surface area contributed by atoms with Gasteiger partial charge in [0.1, 0.15) is 10.3 Å². The van der Waals surface area contributed by atoms with Crippen LogP contribution in [0.3, 0.4) is 0 Å². The van der Waals surface area contributed by atoms with Crippen molar-refractivity contribution in [2.45, 2.75) is 13.3 Å². The molecule has 2 aromatic heterocycles. The van der Waals surface area contributed by atoms with E-state index in [9.17, 15) is 0 Å². The average molecular weight is 339 g/mol. The summed E-state index contributed by atoms with van der Waals surface area (Å²) in [5.41, 5.74) is 2.22. The van der Waals surface area contributed by atoms with Crippen LogP contribution in [0.5, 0.6) is 0 Å². The molecule has 0 atom stereocenters. The van der Waals surface area contributed by atoms with Gasteiger partial charge in [-0.2, -0.15) is 0 Å². The van der Waals surface area contributed by atoms with E-state index in [-0.39, 0.29) is 0 Å². The SMILES string of the molecule is CCc1c(Cl)nc(-c2ccc(Cl)c3cccnc23)nc1Cl. The number of hydrogen-bond acceptors (Lipinski definition) is 3. The van der Waals surface area contributed by atoms with Gasteiger partial charge < -0.3 is 0 Å². The molecule has 0 radical (unpaired) electrons. The van der Waals surface area contributed by atoms with Gasteiger partial charge in [0, 0.05) is 22.7 Å². The molecular formula is C15H10Cl3N3. The Hall–Kier alpha value is -1.42. The Kier molecular flexibility index (Phi) is 3.98. The summed E-state index contributed by atoms with van der Waals surface area (Å²) < 4.78 is 0. The quantitative estimate of drug-likeness (QED) is 0.602. The van der Waals surface area contributed by atoms with Crippen LogP contribution in [0.15, 0.2) is 30.5 Å². The molecule has 0 aliphatic rings. The molecule has 0 aliphatic heterocycles. The van der Waals surface area contributed by atoms with Crippen molar-refractivity contribution in [3.8, 4) is 11.4 Å². The zero-order chi connectivity index (χ0) is 15.0. The number of nitrogens with zero attached hydrogens (tertiary/aromatic N) is 3. The van der Waals surface area contributed by atoms with E-state index in [2.05, 4.69) is 15.0 Å². The highest BCUT2D eigenvalue weighted by atomic mass is 35.5. The summed E-state index contributed by atoms with van der Waals surface area (Å²) in [5, 5.41) is 2.20. The second kappa shape index (κ2) is 5.76. The Morgan fingerprint density at radius 1 is 1.00 bits per heavy atom. The lowest BCUT2D eigenvalue weighted by Crippen LogP contribution is -1.97. The molecule has 0 unspecified atom stereocenters. The first-order valence-electron chi connectivity index (χ1n) is 6.37. The number of halogens is 3. The van der Waals surface area contributed by atoms with Crippen LogP contribution in [-0.4, -0.2) is 15.0 Å². The van der Waals surface area contributed by atoms with Gasteiger partial charge >= 0.3 is 0 Å². The van der Waals surface area contributed by atoms with Gasteiger partial charge in [-0.15, -0.1) is 0 Å². The molecule has 3 nitrogen and oxygen atoms in total. The molecule has 0 saturated carbocycles. The fourth-order valence-electron chi connectivity index (χ4n) is 2.16. The molecule has 2 heterocycles. The summed E-state index contributed by atoms with van der Waals surface area (Å²) >= 11 is 18.6. The molecular weight excluding hydrogens is 329 g/mol. The van der Waals surface area contributed by atoms with Gasteiger partial charge in [-0.25, -0.2) is 9.97 Å². The fraction of sp³-hybridized carbons (Fsp3) is 0.133. The molecule has 106 valence electrons. The predicted molar refractivity (Wildman–Crippen MR) is 87.2 cm³/mol. The molecule has 0 spiro atoms. The molecule has 0 saturated heterocycles. The minimum Gasteiger partial charge on any atom is -0.255 e. The molecule has 0 amide bonds. The van der Waals surface area contributed by atoms with Crippen molar-refractivity contribution in [3.05, 3.63) is 51.4 Å². The molecule has 3 aromatic rings. The topological polar surface area (TPSA) is 38.7 Å². The Morgan fingerprint density at radius 3 is 2.38 bits per heavy atom. The van der Waals surface area contributed by atoms with Crippen LogP contribution < -0.4 is 0 Å². The highest BCUT2D eigenvalue weighted by Crippen LogP contribution is 2.32. The van der Waals surface area contributed by atoms with Crippen molar-refractivity contribution in [3.63, 3.8) is 0 Å². The summed E-state index contributed by atoms with van der Waals surface area (Å²) in [5.74, 6) is 0.447. The van der Waals surface area contributed by atoms with Crippen molar-refractivity contribution in [1.82, 2.24) is 15.0 Å². The minimum atomic E-state index is 0.367. The van der Waals surface area contributed by atoms with Gasteiger partial charge in [0.2, 0.25) is 0 Å². The monoisotopic (exact) mass is 337 g/mol. The van der Waals surface area contributed by atoms with Gasteiger partial charge in [-0.1, -0.05) is 41.7 Å². The van der Waals surface area contributed by atoms with Gasteiger partial charge in [0.15, 0.2) is 5.82 Å². The molecule has 21 heavy (non-hydrogen) atoms. The highest BCUT2D eigenvalue weighted by Gasteiger charge is 2.14. The van der Waals surface area contributed by atoms with E-state index in [1.165, 1.54) is 0 Å². The maximum atomic E-state index is 6.19. The summed E-state index contributed by atoms with van der Waals surface area (Å²) in [6.45, 7) is 1.95. The van der Waals surface area contributed by atoms with E-state index in [1.54, 1.807) is 12.3 Å². The molecule has 1 aromatic carbocycles. The van der Waals surface area contributed by atoms with Crippen LogP contribution in [0.1, 0.15) is 12.5 Å². The maximum absolute atomic E-state index is 6.19. The molecule has 0 bridgehead atoms. The van der Waals surface area contributed by atoms with Crippen LogP contribution >= 0.6 is 34.8 Å². The first kappa shape index (κ1) is 14.5. The summed E-state index contributed by atoms with van der Waals surface area (Å²) in [6.07, 6.45) is 2.38. The fourth-order valence-corrected chi connectivity index (χ4v) is 3.03. The molecule has 3 rings (SSSR count). The number of rotatable bonds is 2. The number of aromatic nitrogens is 3. The lowest BCUT2D eigenvalue weighted by molar-refractivity contribution is 1.05. The smallest absolute Gasteiger partial charge is 0.164 e. The maximum Gasteiger partial charge on any atom is 0.164 e. The van der Waals surface area contributed by atoms with Crippen molar-refractivity contribution in [2.24, 2.45) is 0 Å². The standard InChI is InChI=1S/C15H10Cl3N3/c1-2-8-13(17)20-15(21-14(8)18)10-5-6-11(16)9-4-3-7-19-12(9)10/h3-7H,2H2,1H3. The minimum absolute atomic E-state index is 0.367. The van der Waals surface area contributed by atoms with Crippen molar-refractivity contribution >= 4 is 45.7 Å². The number of benzene rings is 1. The van der Waals surface area contributed by atoms with Gasteiger partial charge in [0.25, 0.3) is 0 Å². The van der Waals surface area contributed by atoms with Crippen molar-refractivity contribution < 1.29 is 0 Å². The second-order valence-electron chi connectivity index (χ2n) is 4.46. The summed E-state index contributed by atoms with van der Waals surface area (Å²) in [7, 11) is 0. The van der Waals surface area contributed by atoms with E-state index in [1.807, 2.05) is 25.1 Å². The van der Waals surface area contributed by atoms with Crippen molar-refractivity contribution in [1.29, 1.82) is 0 Å². The van der Waals surface area contributed by atoms with E-state index in [0.717, 1.165) is 22.0 Å². The van der Waals surface area contributed by atoms with Gasteiger partial charge in [0.05, 0.1) is 10.5 Å². The predicted octanol–water partition coefficient (Wildman–Crippen LogP) is 5.21. The highest BCUT2D eigenvalue weighted by molar-refractivity contribution is 6.36. The Morgan fingerprint density at radius 2 is 1.71 bits per heavy atom. The number of fused-ring (bicyclic) bond motifs is 1. The van der Waals surface area contributed by atoms with Gasteiger partial charge in [-0.3, -0.25) is 4.98 Å². The van der Waals surface area contributed by atoms with Crippen molar-refractivity contribution in [2.75, 3.05) is 0 Å². The lowest BCUT2D eigenvalue weighted by Gasteiger charge is -2.09. The van der Waals surface area contributed by atoms with E-state index < -0.39 is 0 Å². The first-order valence-corrected chi connectivity index (χ1v) is 7.50. The largest absolute Gasteiger partial charge is 0.255 e. The zero-order valence-electron chi connectivity index (χ0n) is 11.1. The third-order valence-corrected chi connectivity index (χ3v) is 4.17. The van der Waals surface area contributed by atoms with Crippen LogP contribution in [0, 0.1) is 0 Å². The van der Waals surface area contributed by atoms with E-state index >= 15 is 0 Å². The third-order valence-electron chi connectivity index (χ3n) is 3.22. The first-order chi connectivity index (χ1) is 10.1. The third kappa shape index (κ3) is 2.57. The molecule has 6 heteroatoms. The lowest BCUT2D eigenvalue weighted by atomic mass is 10.1. The molecule has 0 aliphatic carbocycles. The van der Waals surface area contributed by atoms with Gasteiger partial charge in [-0.05, 0) is 30.7 Å². The van der Waals surface area contributed by atoms with Crippen LogP contribution in [0.25, 0.3) is 22.3 Å². The molecule has 0 N–H and O–H groups in total. The Labute approximate surface area is 136 Å². The summed E-state index contributed by atoms with van der Waals surface area (Å²) in [4.78, 5) is 13.1. The Balaban J connectivity index is 2.29. The Bertz CT molecular complexity index is 811. The van der Waals surface area contributed by atoms with E-state index in [0.29, 0.717) is 27.6 Å². The normalized spacial score (nSPS) is 11.0. The number of pyridine rings is 1. The zero-order valence-corrected chi connectivity index (χ0v) is 13.3. The second-order valence-corrected chi connectivity index (χ2v) is 5.58. The van der Waals surface area contributed by atoms with Crippen LogP contribution in [0.4, 0.5) is 0 Å². The van der Waals surface area contributed by atoms with Crippen LogP contribution in [-0.2, 0) is 6.42 Å². The summed E-state index contributed by atoms with van der Waals surface area (Å²) in [6, 6.07) is 7.35. The average Bonchev–Trinajstić information content (AvgIpc) is 2.47. The molecule has 0 fully saturated rings.